The number of hydrogen-bond donors (Lipinski definition) is 2. The highest BCUT2D eigenvalue weighted by atomic mass is 16.5. The number of nitriles is 1. The van der Waals surface area contributed by atoms with E-state index in [0.29, 0.717) is 23.3 Å². The van der Waals surface area contributed by atoms with Crippen LogP contribution in [0.4, 0.5) is 5.69 Å². The van der Waals surface area contributed by atoms with Gasteiger partial charge in [0.1, 0.15) is 5.65 Å². The van der Waals surface area contributed by atoms with Gasteiger partial charge in [0.25, 0.3) is 0 Å². The van der Waals surface area contributed by atoms with Crippen LogP contribution in [0.5, 0.6) is 0 Å². The fourth-order valence-electron chi connectivity index (χ4n) is 3.43. The molecule has 3 heterocycles. The summed E-state index contributed by atoms with van der Waals surface area (Å²) in [6, 6.07) is 11.2. The van der Waals surface area contributed by atoms with Crippen molar-refractivity contribution in [1.29, 1.82) is 5.26 Å². The van der Waals surface area contributed by atoms with Crippen LogP contribution in [0.25, 0.3) is 17.1 Å². The second-order valence-electron chi connectivity index (χ2n) is 7.12. The molecular weight excluding hydrogens is 408 g/mol. The molecule has 1 aliphatic heterocycles. The molecule has 0 fully saturated rings. The zero-order chi connectivity index (χ0) is 22.7. The summed E-state index contributed by atoms with van der Waals surface area (Å²) in [6.45, 7) is 3.65. The van der Waals surface area contributed by atoms with Crippen molar-refractivity contribution in [3.63, 3.8) is 0 Å². The van der Waals surface area contributed by atoms with E-state index in [1.54, 1.807) is 43.6 Å². The largest absolute Gasteiger partial charge is 0.462 e. The Bertz CT molecular complexity index is 1330. The van der Waals surface area contributed by atoms with Gasteiger partial charge in [-0.05, 0) is 49.2 Å². The second-order valence-corrected chi connectivity index (χ2v) is 7.12. The number of esters is 1. The van der Waals surface area contributed by atoms with E-state index >= 15 is 0 Å². The van der Waals surface area contributed by atoms with E-state index in [-0.39, 0.29) is 23.8 Å². The third-order valence-corrected chi connectivity index (χ3v) is 4.96. The normalized spacial score (nSPS) is 14.5. The van der Waals surface area contributed by atoms with Crippen molar-refractivity contribution in [2.45, 2.75) is 20.3 Å². The van der Waals surface area contributed by atoms with Crippen LogP contribution >= 0.6 is 0 Å². The van der Waals surface area contributed by atoms with Gasteiger partial charge in [-0.3, -0.25) is 4.79 Å². The van der Waals surface area contributed by atoms with Gasteiger partial charge in [-0.2, -0.15) is 5.26 Å². The molecule has 0 saturated heterocycles. The molecule has 1 aromatic carbocycles. The van der Waals surface area contributed by atoms with E-state index < -0.39 is 11.8 Å². The van der Waals surface area contributed by atoms with E-state index in [9.17, 15) is 9.59 Å². The molecule has 0 atom stereocenters. The highest BCUT2D eigenvalue weighted by Gasteiger charge is 2.37. The number of ether oxygens (including phenoxy) is 2. The number of carbonyl (C=O) groups excluding carboxylic acids is 2. The van der Waals surface area contributed by atoms with Crippen LogP contribution in [0.3, 0.4) is 0 Å². The van der Waals surface area contributed by atoms with Crippen LogP contribution < -0.4 is 5.32 Å². The van der Waals surface area contributed by atoms with Crippen molar-refractivity contribution in [2.75, 3.05) is 11.9 Å². The fraction of sp³-hybridized carbons (Fsp3) is 0.167. The number of fused-ring (bicyclic) bond motifs is 1. The van der Waals surface area contributed by atoms with E-state index in [1.165, 1.54) is 0 Å². The van der Waals surface area contributed by atoms with E-state index in [2.05, 4.69) is 21.4 Å². The molecule has 32 heavy (non-hydrogen) atoms. The second kappa shape index (κ2) is 8.78. The van der Waals surface area contributed by atoms with Crippen molar-refractivity contribution in [2.24, 2.45) is 0 Å². The Hall–Kier alpha value is -4.38. The molecule has 2 aromatic heterocycles. The molecule has 0 bridgehead atoms. The average molecular weight is 428 g/mol. The number of pyridine rings is 1. The van der Waals surface area contributed by atoms with E-state index in [1.807, 2.05) is 19.1 Å². The van der Waals surface area contributed by atoms with Gasteiger partial charge in [0.15, 0.2) is 11.3 Å². The molecule has 8 heteroatoms. The molecular formula is C24H20N4O4. The van der Waals surface area contributed by atoms with E-state index in [4.69, 9.17) is 14.7 Å². The Morgan fingerprint density at radius 3 is 2.97 bits per heavy atom. The minimum absolute atomic E-state index is 0.000871. The summed E-state index contributed by atoms with van der Waals surface area (Å²) < 4.78 is 10.9. The fourth-order valence-corrected chi connectivity index (χ4v) is 3.43. The van der Waals surface area contributed by atoms with Gasteiger partial charge in [-0.25, -0.2) is 9.78 Å². The van der Waals surface area contributed by atoms with Crippen molar-refractivity contribution < 1.29 is 19.1 Å². The predicted molar refractivity (Wildman–Crippen MR) is 118 cm³/mol. The van der Waals surface area contributed by atoms with Crippen LogP contribution in [0, 0.1) is 18.3 Å². The monoisotopic (exact) mass is 428 g/mol. The number of hydrogen-bond acceptors (Lipinski definition) is 7. The minimum Gasteiger partial charge on any atom is -0.462 e. The summed E-state index contributed by atoms with van der Waals surface area (Å²) in [4.78, 5) is 32.9. The number of carbonyl (C=O) groups is 2. The third-order valence-electron chi connectivity index (χ3n) is 4.96. The van der Waals surface area contributed by atoms with Gasteiger partial charge < -0.3 is 19.8 Å². The van der Waals surface area contributed by atoms with Crippen molar-refractivity contribution >= 4 is 34.5 Å². The maximum absolute atomic E-state index is 13.1. The summed E-state index contributed by atoms with van der Waals surface area (Å²) in [5.41, 5.74) is 3.54. The van der Waals surface area contributed by atoms with Crippen LogP contribution in [0.1, 0.15) is 23.6 Å². The number of aryl methyl sites for hydroxylation is 1. The quantitative estimate of drug-likeness (QED) is 0.349. The summed E-state index contributed by atoms with van der Waals surface area (Å²) in [7, 11) is 0. The number of allylic oxidation sites excluding steroid dienone is 1. The van der Waals surface area contributed by atoms with Gasteiger partial charge in [0.2, 0.25) is 11.7 Å². The standard InChI is InChI=1S/C24H20N4O4/c1-3-31-24(30)20-21(29)19(12-16-13-27-22-17(16)5-4-10-26-22)32-23(20)28-18-7-6-15(8-9-25)11-14(18)2/h4-7,10-13,28H,3,8H2,1-2H3,(H,26,27)/b19-12-. The maximum atomic E-state index is 13.1. The number of rotatable bonds is 6. The Balaban J connectivity index is 1.69. The molecule has 3 aromatic rings. The van der Waals surface area contributed by atoms with Crippen molar-refractivity contribution in [3.05, 3.63) is 76.6 Å². The number of anilines is 1. The Kier molecular flexibility index (Phi) is 5.73. The molecule has 2 N–H and O–H groups in total. The van der Waals surface area contributed by atoms with Gasteiger partial charge >= 0.3 is 5.97 Å². The lowest BCUT2D eigenvalue weighted by Gasteiger charge is -2.12. The first-order chi connectivity index (χ1) is 15.5. The van der Waals surface area contributed by atoms with Crippen molar-refractivity contribution in [1.82, 2.24) is 9.97 Å². The number of benzene rings is 1. The number of aromatic nitrogens is 2. The average Bonchev–Trinajstić information content (AvgIpc) is 3.32. The molecule has 0 saturated carbocycles. The minimum atomic E-state index is -0.761. The van der Waals surface area contributed by atoms with Crippen molar-refractivity contribution in [3.8, 4) is 6.07 Å². The number of nitrogens with one attached hydrogen (secondary N) is 2. The zero-order valence-electron chi connectivity index (χ0n) is 17.6. The SMILES string of the molecule is CCOC(=O)C1=C(Nc2ccc(CC#N)cc2C)O/C(=C\c2c[nH]c3ncccc23)C1=O. The summed E-state index contributed by atoms with van der Waals surface area (Å²) in [6.07, 6.45) is 5.24. The maximum Gasteiger partial charge on any atom is 0.347 e. The van der Waals surface area contributed by atoms with Gasteiger partial charge in [-0.15, -0.1) is 0 Å². The lowest BCUT2D eigenvalue weighted by atomic mass is 10.1. The molecule has 8 nitrogen and oxygen atoms in total. The molecule has 0 aliphatic carbocycles. The molecule has 0 unspecified atom stereocenters. The van der Waals surface area contributed by atoms with E-state index in [0.717, 1.165) is 16.5 Å². The Morgan fingerprint density at radius 1 is 1.38 bits per heavy atom. The summed E-state index contributed by atoms with van der Waals surface area (Å²) >= 11 is 0. The predicted octanol–water partition coefficient (Wildman–Crippen LogP) is 3.76. The smallest absolute Gasteiger partial charge is 0.347 e. The van der Waals surface area contributed by atoms with Crippen LogP contribution in [-0.2, 0) is 25.5 Å². The molecule has 0 radical (unpaired) electrons. The van der Waals surface area contributed by atoms with Gasteiger partial charge in [0.05, 0.1) is 19.1 Å². The summed E-state index contributed by atoms with van der Waals surface area (Å²) in [5.74, 6) is -1.32. The van der Waals surface area contributed by atoms with Gasteiger partial charge in [0, 0.05) is 29.0 Å². The van der Waals surface area contributed by atoms with Crippen LogP contribution in [-0.4, -0.2) is 28.3 Å². The lowest BCUT2D eigenvalue weighted by Crippen LogP contribution is -2.16. The summed E-state index contributed by atoms with van der Waals surface area (Å²) in [5, 5.41) is 12.7. The molecule has 0 spiro atoms. The van der Waals surface area contributed by atoms with Crippen LogP contribution in [0.2, 0.25) is 0 Å². The van der Waals surface area contributed by atoms with Gasteiger partial charge in [-0.1, -0.05) is 12.1 Å². The number of Topliss-reactive ketones (excluding diaryl/α,β-unsaturated/α-hetero) is 1. The third kappa shape index (κ3) is 3.96. The first kappa shape index (κ1) is 20.9. The number of ketones is 1. The highest BCUT2D eigenvalue weighted by Crippen LogP contribution is 2.31. The molecule has 160 valence electrons. The topological polar surface area (TPSA) is 117 Å². The first-order valence-corrected chi connectivity index (χ1v) is 10.0. The molecule has 0 amide bonds. The zero-order valence-corrected chi connectivity index (χ0v) is 17.6. The Labute approximate surface area is 184 Å². The highest BCUT2D eigenvalue weighted by molar-refractivity contribution is 6.26. The number of nitrogens with zero attached hydrogens (tertiary/aromatic N) is 2. The Morgan fingerprint density at radius 2 is 2.22 bits per heavy atom. The number of aromatic amines is 1. The number of H-pyrrole nitrogens is 1. The first-order valence-electron chi connectivity index (χ1n) is 10.0. The van der Waals surface area contributed by atoms with Crippen LogP contribution in [0.15, 0.2) is 59.9 Å². The molecule has 4 rings (SSSR count). The molecule has 1 aliphatic rings. The lowest BCUT2D eigenvalue weighted by molar-refractivity contribution is -0.139.